The minimum atomic E-state index is -0.224. The Morgan fingerprint density at radius 3 is 2.95 bits per heavy atom. The Kier molecular flexibility index (Phi) is 3.69. The number of hydrogen-bond acceptors (Lipinski definition) is 5. The maximum absolute atomic E-state index is 12.0. The Bertz CT molecular complexity index is 600. The highest BCUT2D eigenvalue weighted by atomic mass is 16.5. The minimum absolute atomic E-state index is 0.0388. The molecule has 0 spiro atoms. The molecule has 0 N–H and O–H groups in total. The highest BCUT2D eigenvalue weighted by molar-refractivity contribution is 5.84. The molecule has 1 aliphatic heterocycles. The van der Waals surface area contributed by atoms with E-state index in [0.717, 1.165) is 31.3 Å². The molecule has 1 aromatic carbocycles. The van der Waals surface area contributed by atoms with Crippen LogP contribution in [0.1, 0.15) is 18.5 Å². The average Bonchev–Trinajstić information content (AvgIpc) is 2.85. The summed E-state index contributed by atoms with van der Waals surface area (Å²) in [6.45, 7) is 1.95. The number of rotatable bonds is 3. The second-order valence-corrected chi connectivity index (χ2v) is 5.29. The fourth-order valence-electron chi connectivity index (χ4n) is 2.53. The summed E-state index contributed by atoms with van der Waals surface area (Å²) < 4.78 is 10.7. The number of hydrogen-bond donors (Lipinski definition) is 0. The van der Waals surface area contributed by atoms with E-state index in [-0.39, 0.29) is 18.5 Å². The molecule has 0 bridgehead atoms. The summed E-state index contributed by atoms with van der Waals surface area (Å²) >= 11 is 0. The minimum Gasteiger partial charge on any atom is -0.462 e. The third-order valence-corrected chi connectivity index (χ3v) is 3.73. The van der Waals surface area contributed by atoms with Crippen molar-refractivity contribution in [3.05, 3.63) is 30.0 Å². The number of aromatic nitrogens is 1. The summed E-state index contributed by atoms with van der Waals surface area (Å²) in [5, 5.41) is 4.84. The van der Waals surface area contributed by atoms with Crippen molar-refractivity contribution in [1.82, 2.24) is 10.1 Å². The number of para-hydroxylation sites is 1. The Morgan fingerprint density at radius 2 is 2.15 bits per heavy atom. The molecule has 0 unspecified atom stereocenters. The molecule has 0 radical (unpaired) electrons. The molecule has 3 rings (SSSR count). The van der Waals surface area contributed by atoms with Crippen LogP contribution < -0.4 is 0 Å². The van der Waals surface area contributed by atoms with E-state index in [1.807, 2.05) is 24.3 Å². The quantitative estimate of drug-likeness (QED) is 0.801. The van der Waals surface area contributed by atoms with Gasteiger partial charge in [0, 0.05) is 18.5 Å². The Hall–Kier alpha value is -1.88. The van der Waals surface area contributed by atoms with Gasteiger partial charge in [-0.3, -0.25) is 4.79 Å². The van der Waals surface area contributed by atoms with E-state index in [1.165, 1.54) is 0 Å². The zero-order valence-electron chi connectivity index (χ0n) is 11.5. The van der Waals surface area contributed by atoms with Crippen molar-refractivity contribution in [3.63, 3.8) is 0 Å². The predicted octanol–water partition coefficient (Wildman–Crippen LogP) is 2.01. The van der Waals surface area contributed by atoms with Crippen LogP contribution in [0.2, 0.25) is 0 Å². The van der Waals surface area contributed by atoms with Gasteiger partial charge >= 0.3 is 5.97 Å². The van der Waals surface area contributed by atoms with Crippen molar-refractivity contribution in [1.29, 1.82) is 0 Å². The molecule has 2 heterocycles. The van der Waals surface area contributed by atoms with Gasteiger partial charge in [-0.2, -0.15) is 0 Å². The second kappa shape index (κ2) is 5.63. The molecule has 0 aliphatic carbocycles. The smallest absolute Gasteiger partial charge is 0.312 e. The summed E-state index contributed by atoms with van der Waals surface area (Å²) in [5.41, 5.74) is 1.35. The molecule has 5 nitrogen and oxygen atoms in total. The lowest BCUT2D eigenvalue weighted by Crippen LogP contribution is -2.35. The SMILES string of the molecule is CN1CCC(OC(=O)Cc2noc3ccccc23)CC1. The topological polar surface area (TPSA) is 55.6 Å². The summed E-state index contributed by atoms with van der Waals surface area (Å²) in [5.74, 6) is -0.224. The molecule has 0 atom stereocenters. The molecule has 1 saturated heterocycles. The monoisotopic (exact) mass is 274 g/mol. The molecule has 5 heteroatoms. The van der Waals surface area contributed by atoms with Gasteiger partial charge in [0.05, 0.1) is 6.42 Å². The predicted molar refractivity (Wildman–Crippen MR) is 74.3 cm³/mol. The van der Waals surface area contributed by atoms with E-state index in [2.05, 4.69) is 17.1 Å². The van der Waals surface area contributed by atoms with Crippen LogP contribution in [-0.2, 0) is 16.0 Å². The molecular formula is C15H18N2O3. The number of carbonyl (C=O) groups excluding carboxylic acids is 1. The highest BCUT2D eigenvalue weighted by Gasteiger charge is 2.21. The maximum atomic E-state index is 12.0. The van der Waals surface area contributed by atoms with Crippen molar-refractivity contribution in [2.75, 3.05) is 20.1 Å². The standard InChI is InChI=1S/C15H18N2O3/c1-17-8-6-11(7-9-17)19-15(18)10-13-12-4-2-3-5-14(12)20-16-13/h2-5,11H,6-10H2,1H3. The third-order valence-electron chi connectivity index (χ3n) is 3.73. The normalized spacial score (nSPS) is 17.4. The molecule has 20 heavy (non-hydrogen) atoms. The summed E-state index contributed by atoms with van der Waals surface area (Å²) in [6, 6.07) is 7.54. The average molecular weight is 274 g/mol. The van der Waals surface area contributed by atoms with Crippen LogP contribution in [0.5, 0.6) is 0 Å². The van der Waals surface area contributed by atoms with Crippen LogP contribution in [0.25, 0.3) is 11.0 Å². The first kappa shape index (κ1) is 13.1. The zero-order valence-corrected chi connectivity index (χ0v) is 11.5. The van der Waals surface area contributed by atoms with E-state index in [1.54, 1.807) is 0 Å². The van der Waals surface area contributed by atoms with Gasteiger partial charge in [-0.1, -0.05) is 17.3 Å². The lowest BCUT2D eigenvalue weighted by atomic mass is 10.1. The molecule has 1 aliphatic rings. The van der Waals surface area contributed by atoms with Crippen LogP contribution in [0, 0.1) is 0 Å². The van der Waals surface area contributed by atoms with E-state index >= 15 is 0 Å². The van der Waals surface area contributed by atoms with E-state index in [0.29, 0.717) is 11.3 Å². The number of fused-ring (bicyclic) bond motifs is 1. The van der Waals surface area contributed by atoms with Gasteiger partial charge in [-0.05, 0) is 32.0 Å². The van der Waals surface area contributed by atoms with Crippen molar-refractivity contribution in [2.24, 2.45) is 0 Å². The molecule has 106 valence electrons. The van der Waals surface area contributed by atoms with Gasteiger partial charge in [0.25, 0.3) is 0 Å². The summed E-state index contributed by atoms with van der Waals surface area (Å²) in [6.07, 6.45) is 2.02. The molecule has 1 aromatic heterocycles. The van der Waals surface area contributed by atoms with Gasteiger partial charge in [0.2, 0.25) is 0 Å². The van der Waals surface area contributed by atoms with Gasteiger partial charge in [0.15, 0.2) is 5.58 Å². The fraction of sp³-hybridized carbons (Fsp3) is 0.467. The maximum Gasteiger partial charge on any atom is 0.312 e. The van der Waals surface area contributed by atoms with Gasteiger partial charge in [-0.15, -0.1) is 0 Å². The van der Waals surface area contributed by atoms with Crippen LogP contribution in [0.4, 0.5) is 0 Å². The first-order chi connectivity index (χ1) is 9.72. The third kappa shape index (κ3) is 2.82. The van der Waals surface area contributed by atoms with Crippen molar-refractivity contribution in [2.45, 2.75) is 25.4 Å². The molecule has 0 saturated carbocycles. The molecule has 1 fully saturated rings. The van der Waals surface area contributed by atoms with E-state index in [9.17, 15) is 4.79 Å². The number of benzene rings is 1. The van der Waals surface area contributed by atoms with E-state index < -0.39 is 0 Å². The van der Waals surface area contributed by atoms with Crippen LogP contribution in [0.15, 0.2) is 28.8 Å². The Labute approximate surface area is 117 Å². The van der Waals surface area contributed by atoms with Crippen LogP contribution >= 0.6 is 0 Å². The van der Waals surface area contributed by atoms with Gasteiger partial charge < -0.3 is 14.2 Å². The largest absolute Gasteiger partial charge is 0.462 e. The number of carbonyl (C=O) groups is 1. The van der Waals surface area contributed by atoms with Gasteiger partial charge in [0.1, 0.15) is 11.8 Å². The fourth-order valence-corrected chi connectivity index (χ4v) is 2.53. The Balaban J connectivity index is 1.61. The highest BCUT2D eigenvalue weighted by Crippen LogP contribution is 2.19. The lowest BCUT2D eigenvalue weighted by Gasteiger charge is -2.28. The first-order valence-corrected chi connectivity index (χ1v) is 6.93. The summed E-state index contributed by atoms with van der Waals surface area (Å²) in [7, 11) is 2.08. The molecule has 2 aromatic rings. The zero-order chi connectivity index (χ0) is 13.9. The van der Waals surface area contributed by atoms with Crippen LogP contribution in [0.3, 0.4) is 0 Å². The van der Waals surface area contributed by atoms with Gasteiger partial charge in [-0.25, -0.2) is 0 Å². The lowest BCUT2D eigenvalue weighted by molar-refractivity contribution is -0.150. The number of likely N-dealkylation sites (tertiary alicyclic amines) is 1. The van der Waals surface area contributed by atoms with Crippen LogP contribution in [-0.4, -0.2) is 42.3 Å². The number of piperidine rings is 1. The number of esters is 1. The molecular weight excluding hydrogens is 256 g/mol. The Morgan fingerprint density at radius 1 is 1.40 bits per heavy atom. The number of ether oxygens (including phenoxy) is 1. The van der Waals surface area contributed by atoms with E-state index in [4.69, 9.17) is 9.26 Å². The van der Waals surface area contributed by atoms with Crippen molar-refractivity contribution < 1.29 is 14.1 Å². The van der Waals surface area contributed by atoms with Crippen molar-refractivity contribution >= 4 is 16.9 Å². The second-order valence-electron chi connectivity index (χ2n) is 5.29. The first-order valence-electron chi connectivity index (χ1n) is 6.93. The van der Waals surface area contributed by atoms with Crippen molar-refractivity contribution in [3.8, 4) is 0 Å². The number of nitrogens with zero attached hydrogens (tertiary/aromatic N) is 2. The molecule has 0 amide bonds. The summed E-state index contributed by atoms with van der Waals surface area (Å²) in [4.78, 5) is 14.2.